The van der Waals surface area contributed by atoms with E-state index in [0.29, 0.717) is 12.0 Å². The van der Waals surface area contributed by atoms with Gasteiger partial charge in [-0.2, -0.15) is 0 Å². The Balaban J connectivity index is 1.94. The summed E-state index contributed by atoms with van der Waals surface area (Å²) >= 11 is 0. The van der Waals surface area contributed by atoms with Crippen LogP contribution in [0.15, 0.2) is 18.2 Å². The van der Waals surface area contributed by atoms with Gasteiger partial charge in [0.25, 0.3) is 0 Å². The number of nitrogens with two attached hydrogens (primary N) is 1. The van der Waals surface area contributed by atoms with Crippen molar-refractivity contribution in [1.82, 2.24) is 4.90 Å². The smallest absolute Gasteiger partial charge is 0.0391 e. The van der Waals surface area contributed by atoms with E-state index in [4.69, 9.17) is 5.73 Å². The second-order valence-electron chi connectivity index (χ2n) is 6.12. The minimum atomic E-state index is 0.570. The highest BCUT2D eigenvalue weighted by Crippen LogP contribution is 2.44. The number of aryl methyl sites for hydroxylation is 2. The zero-order valence-electron chi connectivity index (χ0n) is 11.5. The van der Waals surface area contributed by atoms with Crippen LogP contribution in [0, 0.1) is 19.8 Å². The van der Waals surface area contributed by atoms with E-state index >= 15 is 0 Å². The summed E-state index contributed by atoms with van der Waals surface area (Å²) in [5, 5.41) is 0. The fourth-order valence-electron chi connectivity index (χ4n) is 3.59. The average Bonchev–Trinajstić information content (AvgIpc) is 3.07. The molecule has 0 radical (unpaired) electrons. The molecule has 0 aromatic heterocycles. The Morgan fingerprint density at radius 3 is 2.33 bits per heavy atom. The molecule has 3 rings (SSSR count). The molecule has 2 heteroatoms. The second-order valence-corrected chi connectivity index (χ2v) is 6.12. The van der Waals surface area contributed by atoms with E-state index in [1.807, 2.05) is 0 Å². The van der Waals surface area contributed by atoms with E-state index in [1.54, 1.807) is 0 Å². The van der Waals surface area contributed by atoms with Crippen molar-refractivity contribution in [2.24, 2.45) is 11.7 Å². The van der Waals surface area contributed by atoms with Gasteiger partial charge in [0.15, 0.2) is 0 Å². The lowest BCUT2D eigenvalue weighted by Gasteiger charge is -2.28. The molecule has 2 atom stereocenters. The number of likely N-dealkylation sites (tertiary alicyclic amines) is 1. The molecule has 1 aliphatic carbocycles. The molecule has 1 saturated carbocycles. The Morgan fingerprint density at radius 2 is 1.78 bits per heavy atom. The van der Waals surface area contributed by atoms with E-state index in [0.717, 1.165) is 12.6 Å². The first-order valence-corrected chi connectivity index (χ1v) is 7.23. The molecule has 2 nitrogen and oxygen atoms in total. The number of nitrogens with zero attached hydrogens (tertiary/aromatic N) is 1. The molecule has 2 N–H and O–H groups in total. The van der Waals surface area contributed by atoms with Crippen LogP contribution < -0.4 is 5.73 Å². The predicted octanol–water partition coefficient (Wildman–Crippen LogP) is 2.79. The molecule has 2 aliphatic rings. The van der Waals surface area contributed by atoms with Crippen molar-refractivity contribution in [3.8, 4) is 0 Å². The summed E-state index contributed by atoms with van der Waals surface area (Å²) in [5.74, 6) is 0.645. The van der Waals surface area contributed by atoms with Crippen molar-refractivity contribution in [3.05, 3.63) is 34.9 Å². The maximum Gasteiger partial charge on any atom is 0.0391 e. The minimum absolute atomic E-state index is 0.570. The molecule has 0 spiro atoms. The lowest BCUT2D eigenvalue weighted by Crippen LogP contribution is -2.30. The van der Waals surface area contributed by atoms with Crippen LogP contribution in [0.5, 0.6) is 0 Å². The lowest BCUT2D eigenvalue weighted by atomic mass is 9.91. The van der Waals surface area contributed by atoms with Crippen LogP contribution in [0.2, 0.25) is 0 Å². The van der Waals surface area contributed by atoms with Crippen LogP contribution in [0.25, 0.3) is 0 Å². The molecule has 1 aromatic carbocycles. The van der Waals surface area contributed by atoms with E-state index in [2.05, 4.69) is 36.9 Å². The Bertz CT molecular complexity index is 416. The largest absolute Gasteiger partial charge is 0.330 e. The highest BCUT2D eigenvalue weighted by atomic mass is 15.2. The van der Waals surface area contributed by atoms with Crippen LogP contribution in [-0.2, 0) is 0 Å². The third-order valence-electron chi connectivity index (χ3n) is 4.47. The molecule has 0 bridgehead atoms. The monoisotopic (exact) mass is 244 g/mol. The molecule has 2 unspecified atom stereocenters. The van der Waals surface area contributed by atoms with Crippen LogP contribution in [0.4, 0.5) is 0 Å². The first-order chi connectivity index (χ1) is 8.69. The zero-order valence-corrected chi connectivity index (χ0v) is 11.5. The molecule has 1 saturated heterocycles. The van der Waals surface area contributed by atoms with Gasteiger partial charge < -0.3 is 5.73 Å². The summed E-state index contributed by atoms with van der Waals surface area (Å²) < 4.78 is 0. The summed E-state index contributed by atoms with van der Waals surface area (Å²) in [7, 11) is 0. The Hall–Kier alpha value is -0.860. The van der Waals surface area contributed by atoms with Gasteiger partial charge in [-0.1, -0.05) is 29.3 Å². The van der Waals surface area contributed by atoms with Gasteiger partial charge in [0.2, 0.25) is 0 Å². The van der Waals surface area contributed by atoms with Crippen molar-refractivity contribution in [2.45, 2.75) is 45.2 Å². The summed E-state index contributed by atoms with van der Waals surface area (Å²) in [6.45, 7) is 6.46. The Morgan fingerprint density at radius 1 is 1.11 bits per heavy atom. The van der Waals surface area contributed by atoms with Gasteiger partial charge in [0, 0.05) is 12.1 Å². The van der Waals surface area contributed by atoms with Gasteiger partial charge in [-0.05, 0) is 57.7 Å². The van der Waals surface area contributed by atoms with E-state index in [-0.39, 0.29) is 0 Å². The molecular weight excluding hydrogens is 220 g/mol. The van der Waals surface area contributed by atoms with Gasteiger partial charge in [0.05, 0.1) is 0 Å². The van der Waals surface area contributed by atoms with Crippen molar-refractivity contribution in [3.63, 3.8) is 0 Å². The van der Waals surface area contributed by atoms with Gasteiger partial charge in [0.1, 0.15) is 0 Å². The first-order valence-electron chi connectivity index (χ1n) is 7.23. The molecule has 18 heavy (non-hydrogen) atoms. The van der Waals surface area contributed by atoms with Crippen molar-refractivity contribution >= 4 is 0 Å². The quantitative estimate of drug-likeness (QED) is 0.886. The minimum Gasteiger partial charge on any atom is -0.330 e. The van der Waals surface area contributed by atoms with E-state index < -0.39 is 0 Å². The summed E-state index contributed by atoms with van der Waals surface area (Å²) in [5.41, 5.74) is 10.2. The third kappa shape index (κ3) is 2.19. The standard InChI is InChI=1S/C16H24N2/c1-11-7-12(2)9-14(8-11)16-13(10-17)5-6-18(16)15-3-4-15/h7-9,13,15-16H,3-6,10,17H2,1-2H3. The maximum absolute atomic E-state index is 5.99. The van der Waals surface area contributed by atoms with Crippen molar-refractivity contribution < 1.29 is 0 Å². The maximum atomic E-state index is 5.99. The molecule has 1 aliphatic heterocycles. The van der Waals surface area contributed by atoms with E-state index in [9.17, 15) is 0 Å². The number of benzene rings is 1. The number of rotatable bonds is 3. The van der Waals surface area contributed by atoms with Crippen LogP contribution in [0.3, 0.4) is 0 Å². The summed E-state index contributed by atoms with van der Waals surface area (Å²) in [6, 6.07) is 8.40. The molecule has 1 heterocycles. The van der Waals surface area contributed by atoms with E-state index in [1.165, 1.54) is 42.5 Å². The van der Waals surface area contributed by atoms with Crippen molar-refractivity contribution in [1.29, 1.82) is 0 Å². The molecule has 0 amide bonds. The first kappa shape index (κ1) is 12.2. The number of hydrogen-bond donors (Lipinski definition) is 1. The van der Waals surface area contributed by atoms with Crippen LogP contribution in [0.1, 0.15) is 42.0 Å². The highest BCUT2D eigenvalue weighted by molar-refractivity contribution is 5.32. The normalized spacial score (nSPS) is 28.8. The summed E-state index contributed by atoms with van der Waals surface area (Å²) in [4.78, 5) is 2.71. The molecule has 2 fully saturated rings. The Kier molecular flexibility index (Phi) is 3.16. The molecular formula is C16H24N2. The average molecular weight is 244 g/mol. The summed E-state index contributed by atoms with van der Waals surface area (Å²) in [6.07, 6.45) is 4.04. The second kappa shape index (κ2) is 4.67. The highest BCUT2D eigenvalue weighted by Gasteiger charge is 2.42. The fourth-order valence-corrected chi connectivity index (χ4v) is 3.59. The number of hydrogen-bond acceptors (Lipinski definition) is 2. The Labute approximate surface area is 110 Å². The zero-order chi connectivity index (χ0) is 12.7. The molecule has 1 aromatic rings. The topological polar surface area (TPSA) is 29.3 Å². The van der Waals surface area contributed by atoms with Gasteiger partial charge in [-0.15, -0.1) is 0 Å². The van der Waals surface area contributed by atoms with Crippen LogP contribution >= 0.6 is 0 Å². The van der Waals surface area contributed by atoms with Gasteiger partial charge in [-0.3, -0.25) is 4.90 Å². The van der Waals surface area contributed by atoms with Gasteiger partial charge in [-0.25, -0.2) is 0 Å². The van der Waals surface area contributed by atoms with Gasteiger partial charge >= 0.3 is 0 Å². The van der Waals surface area contributed by atoms with Crippen molar-refractivity contribution in [2.75, 3.05) is 13.1 Å². The molecule has 98 valence electrons. The fraction of sp³-hybridized carbons (Fsp3) is 0.625. The predicted molar refractivity (Wildman–Crippen MR) is 75.5 cm³/mol. The SMILES string of the molecule is Cc1cc(C)cc(C2C(CN)CCN2C2CC2)c1. The van der Waals surface area contributed by atoms with Crippen LogP contribution in [-0.4, -0.2) is 24.0 Å². The third-order valence-corrected chi connectivity index (χ3v) is 4.47. The lowest BCUT2D eigenvalue weighted by molar-refractivity contribution is 0.220.